The molecule has 1 aliphatic heterocycles. The van der Waals surface area contributed by atoms with Gasteiger partial charge in [-0.25, -0.2) is 8.78 Å². The average Bonchev–Trinajstić information content (AvgIpc) is 2.42. The lowest BCUT2D eigenvalue weighted by atomic mass is 9.92. The van der Waals surface area contributed by atoms with Crippen molar-refractivity contribution in [3.05, 3.63) is 41.5 Å². The van der Waals surface area contributed by atoms with Gasteiger partial charge < -0.3 is 11.1 Å². The normalized spacial score (nSPS) is 18.7. The molecule has 0 amide bonds. The molecule has 0 saturated heterocycles. The molecule has 0 saturated carbocycles. The molecule has 1 aliphatic rings. The number of benzene rings is 1. The van der Waals surface area contributed by atoms with Crippen LogP contribution in [0.25, 0.3) is 5.57 Å². The van der Waals surface area contributed by atoms with Gasteiger partial charge in [0.05, 0.1) is 5.84 Å². The second kappa shape index (κ2) is 6.61. The molecule has 1 aromatic carbocycles. The van der Waals surface area contributed by atoms with E-state index in [4.69, 9.17) is 11.1 Å². The maximum Gasteiger partial charge on any atom is 0.159 e. The number of hydrogen-bond donors (Lipinski definition) is 3. The number of rotatable bonds is 5. The first kappa shape index (κ1) is 14.7. The van der Waals surface area contributed by atoms with Crippen LogP contribution in [0.4, 0.5) is 8.78 Å². The van der Waals surface area contributed by atoms with E-state index in [1.165, 1.54) is 6.07 Å². The van der Waals surface area contributed by atoms with E-state index in [0.717, 1.165) is 43.0 Å². The Morgan fingerprint density at radius 2 is 2.15 bits per heavy atom. The molecule has 3 nitrogen and oxygen atoms in total. The highest BCUT2D eigenvalue weighted by Crippen LogP contribution is 2.25. The second-order valence-electron chi connectivity index (χ2n) is 5.09. The van der Waals surface area contributed by atoms with Gasteiger partial charge in [0.1, 0.15) is 0 Å². The molecule has 1 unspecified atom stereocenters. The van der Waals surface area contributed by atoms with E-state index in [2.05, 4.69) is 5.32 Å². The summed E-state index contributed by atoms with van der Waals surface area (Å²) in [5.41, 5.74) is 7.11. The first-order chi connectivity index (χ1) is 9.56. The molecule has 0 spiro atoms. The lowest BCUT2D eigenvalue weighted by Gasteiger charge is -2.24. The van der Waals surface area contributed by atoms with E-state index < -0.39 is 11.6 Å². The van der Waals surface area contributed by atoms with Crippen LogP contribution in [-0.2, 0) is 0 Å². The van der Waals surface area contributed by atoms with E-state index in [9.17, 15) is 8.78 Å². The van der Waals surface area contributed by atoms with Crippen molar-refractivity contribution in [3.63, 3.8) is 0 Å². The Bertz CT molecular complexity index is 526. The summed E-state index contributed by atoms with van der Waals surface area (Å²) in [5.74, 6) is -1.42. The fourth-order valence-electron chi connectivity index (χ4n) is 2.44. The number of nitrogens with one attached hydrogen (secondary N) is 2. The SMILES string of the molecule is N=C(N)CCCC1CC(c2ccc(F)c(F)c2)=CCN1. The molecule has 0 fully saturated rings. The highest BCUT2D eigenvalue weighted by molar-refractivity contribution is 5.76. The standard InChI is InChI=1S/C15H19F2N3/c16-13-5-4-10(9-14(13)17)11-6-7-20-12(8-11)2-1-3-15(18)19/h4-6,9,12,20H,1-3,7-8H2,(H3,18,19). The van der Waals surface area contributed by atoms with Crippen molar-refractivity contribution in [1.82, 2.24) is 5.32 Å². The summed E-state index contributed by atoms with van der Waals surface area (Å²) >= 11 is 0. The predicted octanol–water partition coefficient (Wildman–Crippen LogP) is 2.82. The minimum absolute atomic E-state index is 0.206. The molecule has 108 valence electrons. The Balaban J connectivity index is 1.97. The van der Waals surface area contributed by atoms with Crippen LogP contribution in [0.1, 0.15) is 31.2 Å². The van der Waals surface area contributed by atoms with Gasteiger partial charge in [0.2, 0.25) is 0 Å². The Kier molecular flexibility index (Phi) is 4.84. The van der Waals surface area contributed by atoms with Crippen LogP contribution < -0.4 is 11.1 Å². The molecule has 2 rings (SSSR count). The molecule has 20 heavy (non-hydrogen) atoms. The van der Waals surface area contributed by atoms with Gasteiger partial charge in [-0.2, -0.15) is 0 Å². The Hall–Kier alpha value is -1.75. The Morgan fingerprint density at radius 3 is 2.85 bits per heavy atom. The Labute approximate surface area is 117 Å². The quantitative estimate of drug-likeness (QED) is 0.573. The first-order valence-electron chi connectivity index (χ1n) is 6.77. The van der Waals surface area contributed by atoms with E-state index >= 15 is 0 Å². The van der Waals surface area contributed by atoms with Crippen molar-refractivity contribution in [2.45, 2.75) is 31.7 Å². The van der Waals surface area contributed by atoms with Crippen LogP contribution in [0, 0.1) is 17.0 Å². The summed E-state index contributed by atoms with van der Waals surface area (Å²) in [4.78, 5) is 0. The summed E-state index contributed by atoms with van der Waals surface area (Å²) in [5, 5.41) is 10.6. The monoisotopic (exact) mass is 279 g/mol. The smallest absolute Gasteiger partial charge is 0.159 e. The molecule has 0 radical (unpaired) electrons. The zero-order chi connectivity index (χ0) is 14.5. The van der Waals surface area contributed by atoms with Gasteiger partial charge in [-0.3, -0.25) is 5.41 Å². The number of nitrogens with two attached hydrogens (primary N) is 1. The van der Waals surface area contributed by atoms with Crippen molar-refractivity contribution in [3.8, 4) is 0 Å². The highest BCUT2D eigenvalue weighted by Gasteiger charge is 2.16. The highest BCUT2D eigenvalue weighted by atomic mass is 19.2. The van der Waals surface area contributed by atoms with Crippen molar-refractivity contribution < 1.29 is 8.78 Å². The third-order valence-corrected chi connectivity index (χ3v) is 3.51. The van der Waals surface area contributed by atoms with Crippen LogP contribution >= 0.6 is 0 Å². The third kappa shape index (κ3) is 3.87. The fourth-order valence-corrected chi connectivity index (χ4v) is 2.44. The second-order valence-corrected chi connectivity index (χ2v) is 5.09. The maximum atomic E-state index is 13.3. The van der Waals surface area contributed by atoms with Crippen LogP contribution in [-0.4, -0.2) is 18.4 Å². The molecule has 1 atom stereocenters. The number of halogens is 2. The van der Waals surface area contributed by atoms with Gasteiger partial charge in [-0.05, 0) is 42.5 Å². The molecule has 1 aromatic rings. The minimum atomic E-state index is -0.818. The lowest BCUT2D eigenvalue weighted by molar-refractivity contribution is 0.488. The number of amidine groups is 1. The third-order valence-electron chi connectivity index (χ3n) is 3.51. The van der Waals surface area contributed by atoms with Crippen molar-refractivity contribution >= 4 is 11.4 Å². The van der Waals surface area contributed by atoms with Crippen LogP contribution in [0.15, 0.2) is 24.3 Å². The van der Waals surface area contributed by atoms with Crippen molar-refractivity contribution in [1.29, 1.82) is 5.41 Å². The maximum absolute atomic E-state index is 13.3. The van der Waals surface area contributed by atoms with Crippen LogP contribution in [0.3, 0.4) is 0 Å². The van der Waals surface area contributed by atoms with E-state index in [1.54, 1.807) is 6.07 Å². The van der Waals surface area contributed by atoms with Gasteiger partial charge in [-0.1, -0.05) is 12.1 Å². The molecule has 5 heteroatoms. The molecule has 0 aliphatic carbocycles. The summed E-state index contributed by atoms with van der Waals surface area (Å²) in [7, 11) is 0. The van der Waals surface area contributed by atoms with Crippen LogP contribution in [0.2, 0.25) is 0 Å². The molecule has 1 heterocycles. The predicted molar refractivity (Wildman–Crippen MR) is 76.5 cm³/mol. The lowest BCUT2D eigenvalue weighted by Crippen LogP contribution is -2.33. The first-order valence-corrected chi connectivity index (χ1v) is 6.77. The molecule has 0 bridgehead atoms. The molecule has 4 N–H and O–H groups in total. The van der Waals surface area contributed by atoms with Gasteiger partial charge in [0, 0.05) is 19.0 Å². The fraction of sp³-hybridized carbons (Fsp3) is 0.400. The topological polar surface area (TPSA) is 61.9 Å². The van der Waals surface area contributed by atoms with Gasteiger partial charge >= 0.3 is 0 Å². The van der Waals surface area contributed by atoms with E-state index in [0.29, 0.717) is 12.5 Å². The minimum Gasteiger partial charge on any atom is -0.388 e. The van der Waals surface area contributed by atoms with Crippen molar-refractivity contribution in [2.24, 2.45) is 5.73 Å². The number of hydrogen-bond acceptors (Lipinski definition) is 2. The van der Waals surface area contributed by atoms with Gasteiger partial charge in [-0.15, -0.1) is 0 Å². The summed E-state index contributed by atoms with van der Waals surface area (Å²) in [6.07, 6.45) is 5.16. The van der Waals surface area contributed by atoms with E-state index in [1.807, 2.05) is 6.08 Å². The average molecular weight is 279 g/mol. The van der Waals surface area contributed by atoms with Crippen LogP contribution in [0.5, 0.6) is 0 Å². The van der Waals surface area contributed by atoms with Gasteiger partial charge in [0.15, 0.2) is 11.6 Å². The molecular weight excluding hydrogens is 260 g/mol. The Morgan fingerprint density at radius 1 is 1.35 bits per heavy atom. The zero-order valence-corrected chi connectivity index (χ0v) is 11.3. The molecular formula is C15H19F2N3. The van der Waals surface area contributed by atoms with Crippen molar-refractivity contribution in [2.75, 3.05) is 6.54 Å². The largest absolute Gasteiger partial charge is 0.388 e. The summed E-state index contributed by atoms with van der Waals surface area (Å²) in [6.45, 7) is 0.721. The summed E-state index contributed by atoms with van der Waals surface area (Å²) in [6, 6.07) is 4.32. The summed E-state index contributed by atoms with van der Waals surface area (Å²) < 4.78 is 26.2. The zero-order valence-electron chi connectivity index (χ0n) is 11.3. The van der Waals surface area contributed by atoms with E-state index in [-0.39, 0.29) is 5.84 Å². The molecule has 0 aromatic heterocycles. The van der Waals surface area contributed by atoms with Gasteiger partial charge in [0.25, 0.3) is 0 Å².